The van der Waals surface area contributed by atoms with E-state index in [9.17, 15) is 0 Å². The van der Waals surface area contributed by atoms with Crippen LogP contribution < -0.4 is 5.32 Å². The number of aromatic nitrogens is 4. The van der Waals surface area contributed by atoms with Crippen molar-refractivity contribution in [1.29, 1.82) is 0 Å². The third kappa shape index (κ3) is 1.66. The number of hydrogen-bond acceptors (Lipinski definition) is 5. The van der Waals surface area contributed by atoms with Crippen molar-refractivity contribution in [3.63, 3.8) is 0 Å². The Morgan fingerprint density at radius 3 is 3.08 bits per heavy atom. The molecule has 2 aromatic rings. The van der Waals surface area contributed by atoms with Gasteiger partial charge in [0.1, 0.15) is 0 Å². The standard InChI is InChI=1S/C7H9N5O/c1-12-3-2-8-7(12)9-4-6-10-5-13-11-6/h2-3,5H,4H2,1H3,(H,8,9). The zero-order valence-electron chi connectivity index (χ0n) is 7.14. The first-order valence-corrected chi connectivity index (χ1v) is 3.82. The third-order valence-corrected chi connectivity index (χ3v) is 1.63. The molecule has 0 aliphatic rings. The van der Waals surface area contributed by atoms with Crippen molar-refractivity contribution < 1.29 is 4.52 Å². The van der Waals surface area contributed by atoms with Gasteiger partial charge in [-0.15, -0.1) is 0 Å². The lowest BCUT2D eigenvalue weighted by Gasteiger charge is -2.01. The maximum Gasteiger partial charge on any atom is 0.213 e. The largest absolute Gasteiger partial charge is 0.348 e. The van der Waals surface area contributed by atoms with Gasteiger partial charge in [-0.3, -0.25) is 0 Å². The number of imidazole rings is 1. The van der Waals surface area contributed by atoms with Crippen molar-refractivity contribution in [3.8, 4) is 0 Å². The molecule has 0 spiro atoms. The van der Waals surface area contributed by atoms with Crippen LogP contribution in [0.15, 0.2) is 23.3 Å². The highest BCUT2D eigenvalue weighted by atomic mass is 16.5. The van der Waals surface area contributed by atoms with E-state index in [1.807, 2.05) is 17.8 Å². The lowest BCUT2D eigenvalue weighted by atomic mass is 10.6. The molecule has 2 rings (SSSR count). The van der Waals surface area contributed by atoms with Crippen LogP contribution in [0.3, 0.4) is 0 Å². The molecular weight excluding hydrogens is 170 g/mol. The van der Waals surface area contributed by atoms with Crippen molar-refractivity contribution in [1.82, 2.24) is 19.7 Å². The summed E-state index contributed by atoms with van der Waals surface area (Å²) in [5, 5.41) is 6.72. The molecule has 0 aliphatic heterocycles. The summed E-state index contributed by atoms with van der Waals surface area (Å²) < 4.78 is 6.46. The normalized spacial score (nSPS) is 10.2. The summed E-state index contributed by atoms with van der Waals surface area (Å²) >= 11 is 0. The summed E-state index contributed by atoms with van der Waals surface area (Å²) in [5.74, 6) is 1.40. The van der Waals surface area contributed by atoms with E-state index in [-0.39, 0.29) is 0 Å². The maximum atomic E-state index is 4.59. The minimum Gasteiger partial charge on any atom is -0.348 e. The summed E-state index contributed by atoms with van der Waals surface area (Å²) in [5.41, 5.74) is 0. The van der Waals surface area contributed by atoms with Crippen molar-refractivity contribution in [2.75, 3.05) is 5.32 Å². The lowest BCUT2D eigenvalue weighted by molar-refractivity contribution is 0.411. The molecule has 6 heteroatoms. The first-order valence-electron chi connectivity index (χ1n) is 3.82. The Hall–Kier alpha value is -1.85. The third-order valence-electron chi connectivity index (χ3n) is 1.63. The van der Waals surface area contributed by atoms with Crippen LogP contribution in [0.2, 0.25) is 0 Å². The number of hydrogen-bond donors (Lipinski definition) is 1. The molecule has 0 unspecified atom stereocenters. The van der Waals surface area contributed by atoms with E-state index in [4.69, 9.17) is 0 Å². The van der Waals surface area contributed by atoms with Crippen LogP contribution in [0.4, 0.5) is 5.95 Å². The average molecular weight is 179 g/mol. The highest BCUT2D eigenvalue weighted by Crippen LogP contribution is 2.01. The predicted molar refractivity (Wildman–Crippen MR) is 44.8 cm³/mol. The van der Waals surface area contributed by atoms with Crippen LogP contribution in [0.5, 0.6) is 0 Å². The molecule has 0 saturated heterocycles. The predicted octanol–water partition coefficient (Wildman–Crippen LogP) is 0.415. The molecule has 0 aliphatic carbocycles. The van der Waals surface area contributed by atoms with Crippen LogP contribution in [0.1, 0.15) is 5.82 Å². The van der Waals surface area contributed by atoms with Crippen molar-refractivity contribution in [3.05, 3.63) is 24.6 Å². The second-order valence-electron chi connectivity index (χ2n) is 2.56. The van der Waals surface area contributed by atoms with Gasteiger partial charge in [0.25, 0.3) is 0 Å². The van der Waals surface area contributed by atoms with E-state index in [2.05, 4.69) is 25.0 Å². The monoisotopic (exact) mass is 179 g/mol. The maximum absolute atomic E-state index is 4.59. The van der Waals surface area contributed by atoms with Crippen LogP contribution in [-0.4, -0.2) is 19.7 Å². The SMILES string of the molecule is Cn1ccnc1NCc1ncon1. The second-order valence-corrected chi connectivity index (χ2v) is 2.56. The zero-order valence-corrected chi connectivity index (χ0v) is 7.14. The Balaban J connectivity index is 1.97. The Bertz CT molecular complexity index is 366. The molecule has 1 N–H and O–H groups in total. The van der Waals surface area contributed by atoms with Gasteiger partial charge in [-0.05, 0) is 0 Å². The Kier molecular flexibility index (Phi) is 1.95. The van der Waals surface area contributed by atoms with Crippen LogP contribution in [0, 0.1) is 0 Å². The summed E-state index contributed by atoms with van der Waals surface area (Å²) in [6, 6.07) is 0. The van der Waals surface area contributed by atoms with Gasteiger partial charge in [0.2, 0.25) is 12.3 Å². The van der Waals surface area contributed by atoms with E-state index in [0.717, 1.165) is 5.95 Å². The zero-order chi connectivity index (χ0) is 9.10. The number of aryl methyl sites for hydroxylation is 1. The first-order chi connectivity index (χ1) is 6.36. The molecule has 0 radical (unpaired) electrons. The van der Waals surface area contributed by atoms with E-state index in [0.29, 0.717) is 12.4 Å². The molecule has 13 heavy (non-hydrogen) atoms. The summed E-state index contributed by atoms with van der Waals surface area (Å²) in [6.45, 7) is 0.515. The van der Waals surface area contributed by atoms with E-state index in [1.165, 1.54) is 6.39 Å². The highest BCUT2D eigenvalue weighted by Gasteiger charge is 2.00. The number of nitrogens with zero attached hydrogens (tertiary/aromatic N) is 4. The number of nitrogens with one attached hydrogen (secondary N) is 1. The molecule has 0 amide bonds. The van der Waals surface area contributed by atoms with Crippen LogP contribution in [-0.2, 0) is 13.6 Å². The molecule has 0 bridgehead atoms. The summed E-state index contributed by atoms with van der Waals surface area (Å²) in [7, 11) is 1.91. The fourth-order valence-corrected chi connectivity index (χ4v) is 0.964. The van der Waals surface area contributed by atoms with Gasteiger partial charge in [0, 0.05) is 19.4 Å². The van der Waals surface area contributed by atoms with Gasteiger partial charge < -0.3 is 14.4 Å². The molecule has 0 aromatic carbocycles. The minimum atomic E-state index is 0.515. The van der Waals surface area contributed by atoms with E-state index >= 15 is 0 Å². The van der Waals surface area contributed by atoms with Crippen molar-refractivity contribution in [2.24, 2.45) is 7.05 Å². The number of rotatable bonds is 3. The first kappa shape index (κ1) is 7.78. The van der Waals surface area contributed by atoms with Gasteiger partial charge in [0.15, 0.2) is 5.82 Å². The summed E-state index contributed by atoms with van der Waals surface area (Å²) in [4.78, 5) is 7.95. The highest BCUT2D eigenvalue weighted by molar-refractivity contribution is 5.25. The molecular formula is C7H9N5O. The van der Waals surface area contributed by atoms with E-state index in [1.54, 1.807) is 6.20 Å². The number of anilines is 1. The molecule has 0 atom stereocenters. The molecule has 0 fully saturated rings. The molecule has 68 valence electrons. The molecule has 2 aromatic heterocycles. The second kappa shape index (κ2) is 3.26. The van der Waals surface area contributed by atoms with Gasteiger partial charge in [-0.2, -0.15) is 4.98 Å². The van der Waals surface area contributed by atoms with Crippen molar-refractivity contribution >= 4 is 5.95 Å². The topological polar surface area (TPSA) is 68.8 Å². The molecule has 0 saturated carbocycles. The average Bonchev–Trinajstić information content (AvgIpc) is 2.72. The van der Waals surface area contributed by atoms with Crippen molar-refractivity contribution in [2.45, 2.75) is 6.54 Å². The van der Waals surface area contributed by atoms with Gasteiger partial charge in [-0.1, -0.05) is 5.16 Å². The quantitative estimate of drug-likeness (QED) is 0.739. The summed E-state index contributed by atoms with van der Waals surface area (Å²) in [6.07, 6.45) is 4.88. The van der Waals surface area contributed by atoms with E-state index < -0.39 is 0 Å². The Labute approximate surface area is 74.6 Å². The molecule has 2 heterocycles. The fraction of sp³-hybridized carbons (Fsp3) is 0.286. The van der Waals surface area contributed by atoms with Crippen LogP contribution >= 0.6 is 0 Å². The van der Waals surface area contributed by atoms with Gasteiger partial charge in [-0.25, -0.2) is 4.98 Å². The molecule has 6 nitrogen and oxygen atoms in total. The van der Waals surface area contributed by atoms with Gasteiger partial charge >= 0.3 is 0 Å². The van der Waals surface area contributed by atoms with Crippen LogP contribution in [0.25, 0.3) is 0 Å². The Morgan fingerprint density at radius 1 is 1.54 bits per heavy atom. The minimum absolute atomic E-state index is 0.515. The Morgan fingerprint density at radius 2 is 2.46 bits per heavy atom. The smallest absolute Gasteiger partial charge is 0.213 e. The lowest BCUT2D eigenvalue weighted by Crippen LogP contribution is -2.05. The fourth-order valence-electron chi connectivity index (χ4n) is 0.964. The van der Waals surface area contributed by atoms with Gasteiger partial charge in [0.05, 0.1) is 6.54 Å².